The van der Waals surface area contributed by atoms with E-state index in [2.05, 4.69) is 61.2 Å². The zero-order valence-corrected chi connectivity index (χ0v) is 40.0. The molecule has 4 fully saturated rings. The normalized spacial score (nSPS) is 25.4. The third-order valence-corrected chi connectivity index (χ3v) is 15.1. The van der Waals surface area contributed by atoms with Crippen LogP contribution in [0.4, 0.5) is 10.1 Å². The van der Waals surface area contributed by atoms with Gasteiger partial charge in [0.1, 0.15) is 29.0 Å². The van der Waals surface area contributed by atoms with Gasteiger partial charge in [-0.3, -0.25) is 9.59 Å². The average Bonchev–Trinajstić information content (AvgIpc) is 4.17. The van der Waals surface area contributed by atoms with Crippen LogP contribution in [-0.4, -0.2) is 62.6 Å². The largest absolute Gasteiger partial charge is 0.390 e. The van der Waals surface area contributed by atoms with Crippen LogP contribution in [0.15, 0.2) is 63.6 Å². The lowest BCUT2D eigenvalue weighted by atomic mass is 9.83. The number of aryl methyl sites for hydroxylation is 5. The van der Waals surface area contributed by atoms with E-state index in [1.807, 2.05) is 47.6 Å². The van der Waals surface area contributed by atoms with E-state index in [4.69, 9.17) is 19.0 Å². The number of benzene rings is 3. The minimum Gasteiger partial charge on any atom is -0.390 e. The predicted molar refractivity (Wildman–Crippen MR) is 256 cm³/mol. The van der Waals surface area contributed by atoms with E-state index >= 15 is 0 Å². The monoisotopic (exact) mass is 924 g/mol. The summed E-state index contributed by atoms with van der Waals surface area (Å²) in [5, 5.41) is 32.3. The Morgan fingerprint density at radius 1 is 0.662 bits per heavy atom. The molecule has 2 aliphatic heterocycles. The molecule has 0 bridgehead atoms. The third kappa shape index (κ3) is 8.41. The van der Waals surface area contributed by atoms with Gasteiger partial charge >= 0.3 is 0 Å². The number of anilines is 1. The van der Waals surface area contributed by atoms with Crippen molar-refractivity contribution in [2.45, 2.75) is 161 Å². The highest BCUT2D eigenvalue weighted by molar-refractivity contribution is 5.96. The van der Waals surface area contributed by atoms with Crippen molar-refractivity contribution in [2.75, 3.05) is 4.90 Å². The molecule has 68 heavy (non-hydrogen) atoms. The highest BCUT2D eigenvalue weighted by atomic mass is 19.1. The SMILES string of the molecule is Cc1ccc(N2C(=O)CC[C@H]2c2nc3cc(-c4c(C)noc4C)ccc3n2C2CCC(C)(O)CC2)cc1F.Cc1noc(C)c1-c1ccc2c(c1)nc([C@@H]1CCC(=O)N1)n2C1CCC(C)(O)CC1. The van der Waals surface area contributed by atoms with E-state index in [0.29, 0.717) is 43.4 Å². The number of aromatic nitrogens is 6. The van der Waals surface area contributed by atoms with Gasteiger partial charge in [-0.05, 0) is 166 Å². The molecule has 3 N–H and O–H groups in total. The summed E-state index contributed by atoms with van der Waals surface area (Å²) in [7, 11) is 0. The second kappa shape index (κ2) is 17.4. The molecule has 6 heterocycles. The third-order valence-electron chi connectivity index (χ3n) is 15.1. The summed E-state index contributed by atoms with van der Waals surface area (Å²) in [5.74, 6) is 3.02. The van der Waals surface area contributed by atoms with Crippen LogP contribution < -0.4 is 10.2 Å². The lowest BCUT2D eigenvalue weighted by Crippen LogP contribution is -2.33. The van der Waals surface area contributed by atoms with Gasteiger partial charge in [0.05, 0.1) is 56.7 Å². The van der Waals surface area contributed by atoms with E-state index in [-0.39, 0.29) is 41.8 Å². The molecule has 11 rings (SSSR count). The first kappa shape index (κ1) is 45.6. The standard InChI is InChI=1S/C30H33FN4O3.C23H28N4O3/c1-17-5-7-22(16-23(17)31)34-26(9-10-27(34)36)29-32-24-15-20(28-18(2)33-38-19(28)3)6-8-25(24)35(29)21-11-13-30(4,37)14-12-21;1-13-21(14(2)30-26-13)15-4-6-19-18(12-15)25-22(17-5-7-20(28)24-17)27(19)16-8-10-23(3,29)11-9-16/h5-8,15-16,21,26,37H,9-14H2,1-4H3;4,6,12,16-17,29H,5,7-11H2,1-3H3,(H,24,28)/t21?,26-,30?;16?,17-,23?/m00/s1. The number of rotatable bonds is 7. The Bertz CT molecular complexity index is 3030. The average molecular weight is 925 g/mol. The van der Waals surface area contributed by atoms with Crippen molar-refractivity contribution >= 4 is 39.6 Å². The zero-order chi connectivity index (χ0) is 47.8. The molecule has 14 nitrogen and oxygen atoms in total. The number of carbonyl (C=O) groups excluding carboxylic acids is 2. The first-order valence-corrected chi connectivity index (χ1v) is 24.2. The fourth-order valence-corrected chi connectivity index (χ4v) is 11.3. The molecule has 2 atom stereocenters. The number of nitrogens with zero attached hydrogens (tertiary/aromatic N) is 7. The molecule has 0 unspecified atom stereocenters. The highest BCUT2D eigenvalue weighted by Gasteiger charge is 2.40. The van der Waals surface area contributed by atoms with Crippen LogP contribution >= 0.6 is 0 Å². The van der Waals surface area contributed by atoms with E-state index in [0.717, 1.165) is 124 Å². The summed E-state index contributed by atoms with van der Waals surface area (Å²) in [5.41, 5.74) is 9.36. The van der Waals surface area contributed by atoms with Crippen LogP contribution in [-0.2, 0) is 9.59 Å². The number of halogens is 1. The Morgan fingerprint density at radius 3 is 1.65 bits per heavy atom. The van der Waals surface area contributed by atoms with Crippen LogP contribution in [0.2, 0.25) is 0 Å². The van der Waals surface area contributed by atoms with Crippen LogP contribution in [0.25, 0.3) is 44.3 Å². The van der Waals surface area contributed by atoms with Gasteiger partial charge in [0.2, 0.25) is 11.8 Å². The lowest BCUT2D eigenvalue weighted by molar-refractivity contribution is -0.119. The Kier molecular flexibility index (Phi) is 11.7. The number of aliphatic hydroxyl groups is 2. The van der Waals surface area contributed by atoms with Gasteiger partial charge in [0.15, 0.2) is 0 Å². The second-order valence-corrected chi connectivity index (χ2v) is 20.4. The zero-order valence-electron chi connectivity index (χ0n) is 40.0. The van der Waals surface area contributed by atoms with Gasteiger partial charge in [-0.2, -0.15) is 0 Å². The Hall–Kier alpha value is -6.19. The van der Waals surface area contributed by atoms with Crippen molar-refractivity contribution in [2.24, 2.45) is 0 Å². The Morgan fingerprint density at radius 2 is 1.18 bits per heavy atom. The Balaban J connectivity index is 0.000000163. The maximum Gasteiger partial charge on any atom is 0.227 e. The van der Waals surface area contributed by atoms with Crippen molar-refractivity contribution in [3.63, 3.8) is 0 Å². The number of carbonyl (C=O) groups is 2. The van der Waals surface area contributed by atoms with Crippen LogP contribution in [0.5, 0.6) is 0 Å². The molecule has 15 heteroatoms. The van der Waals surface area contributed by atoms with E-state index in [9.17, 15) is 24.2 Å². The first-order chi connectivity index (χ1) is 32.4. The number of hydrogen-bond donors (Lipinski definition) is 3. The van der Waals surface area contributed by atoms with Gasteiger partial charge in [-0.1, -0.05) is 28.5 Å². The van der Waals surface area contributed by atoms with Gasteiger partial charge in [0, 0.05) is 41.7 Å². The molecule has 2 saturated heterocycles. The van der Waals surface area contributed by atoms with Gasteiger partial charge in [-0.25, -0.2) is 14.4 Å². The second-order valence-electron chi connectivity index (χ2n) is 20.4. The molecule has 4 aliphatic rings. The number of hydrogen-bond acceptors (Lipinski definition) is 10. The van der Waals surface area contributed by atoms with Crippen LogP contribution in [0.3, 0.4) is 0 Å². The minimum atomic E-state index is -0.668. The van der Waals surface area contributed by atoms with E-state index < -0.39 is 11.2 Å². The van der Waals surface area contributed by atoms with E-state index in [1.54, 1.807) is 17.9 Å². The van der Waals surface area contributed by atoms with Crippen molar-refractivity contribution < 1.29 is 33.2 Å². The molecule has 356 valence electrons. The summed E-state index contributed by atoms with van der Waals surface area (Å²) in [6, 6.07) is 17.6. The van der Waals surface area contributed by atoms with Gasteiger partial charge in [0.25, 0.3) is 0 Å². The smallest absolute Gasteiger partial charge is 0.227 e. The molecule has 2 amide bonds. The topological polar surface area (TPSA) is 178 Å². The summed E-state index contributed by atoms with van der Waals surface area (Å²) in [4.78, 5) is 36.9. The van der Waals surface area contributed by atoms with Crippen LogP contribution in [0.1, 0.15) is 155 Å². The quantitative estimate of drug-likeness (QED) is 0.139. The number of nitrogens with one attached hydrogen (secondary N) is 1. The molecule has 3 aromatic carbocycles. The summed E-state index contributed by atoms with van der Waals surface area (Å²) in [6.45, 7) is 13.2. The fraction of sp³-hybridized carbons (Fsp3) is 0.472. The molecular weight excluding hydrogens is 864 g/mol. The first-order valence-electron chi connectivity index (χ1n) is 24.2. The van der Waals surface area contributed by atoms with Crippen molar-refractivity contribution in [1.29, 1.82) is 0 Å². The number of imidazole rings is 2. The number of fused-ring (bicyclic) bond motifs is 2. The van der Waals surface area contributed by atoms with Crippen molar-refractivity contribution in [1.82, 2.24) is 34.7 Å². The fourth-order valence-electron chi connectivity index (χ4n) is 11.3. The molecule has 0 spiro atoms. The maximum atomic E-state index is 14.5. The lowest BCUT2D eigenvalue weighted by Gasteiger charge is -2.35. The maximum absolute atomic E-state index is 14.5. The highest BCUT2D eigenvalue weighted by Crippen LogP contribution is 2.45. The number of amides is 2. The predicted octanol–water partition coefficient (Wildman–Crippen LogP) is 10.6. The van der Waals surface area contributed by atoms with Gasteiger partial charge < -0.3 is 38.6 Å². The molecular formula is C53H61FN8O6. The molecule has 4 aromatic heterocycles. The van der Waals surface area contributed by atoms with Gasteiger partial charge in [-0.15, -0.1) is 0 Å². The van der Waals surface area contributed by atoms with E-state index in [1.165, 1.54) is 6.07 Å². The molecule has 2 saturated carbocycles. The molecule has 2 aliphatic carbocycles. The summed E-state index contributed by atoms with van der Waals surface area (Å²) < 4.78 is 29.9. The summed E-state index contributed by atoms with van der Waals surface area (Å²) in [6.07, 6.45) is 8.67. The molecule has 7 aromatic rings. The Labute approximate surface area is 394 Å². The van der Waals surface area contributed by atoms with Crippen molar-refractivity contribution in [3.05, 3.63) is 101 Å². The minimum absolute atomic E-state index is 0.0279. The summed E-state index contributed by atoms with van der Waals surface area (Å²) >= 11 is 0. The molecule has 0 radical (unpaired) electrons. The van der Waals surface area contributed by atoms with Crippen molar-refractivity contribution in [3.8, 4) is 22.3 Å². The van der Waals surface area contributed by atoms with Crippen LogP contribution in [0, 0.1) is 40.4 Å².